The highest BCUT2D eigenvalue weighted by molar-refractivity contribution is 6.35. The molecule has 5 rings (SSSR count). The summed E-state index contributed by atoms with van der Waals surface area (Å²) in [5.74, 6) is 0.178. The van der Waals surface area contributed by atoms with E-state index < -0.39 is 6.09 Å². The van der Waals surface area contributed by atoms with Crippen LogP contribution in [0.3, 0.4) is 0 Å². The Balaban J connectivity index is 1.54. The molecule has 0 radical (unpaired) electrons. The normalized spacial score (nSPS) is 18.8. The predicted octanol–water partition coefficient (Wildman–Crippen LogP) is 5.13. The minimum atomic E-state index is -0.460. The topological polar surface area (TPSA) is 54.8 Å². The third kappa shape index (κ3) is 4.25. The first-order valence-corrected chi connectivity index (χ1v) is 11.9. The van der Waals surface area contributed by atoms with Crippen LogP contribution < -0.4 is 0 Å². The van der Waals surface area contributed by atoms with E-state index >= 15 is 0 Å². The van der Waals surface area contributed by atoms with Crippen molar-refractivity contribution in [2.45, 2.75) is 31.8 Å². The molecule has 0 N–H and O–H groups in total. The van der Waals surface area contributed by atoms with Crippen LogP contribution in [0.1, 0.15) is 46.7 Å². The van der Waals surface area contributed by atoms with E-state index in [4.69, 9.17) is 16.3 Å². The molecule has 172 valence electrons. The first kappa shape index (κ1) is 22.0. The number of amides is 1. The average molecular weight is 466 g/mol. The number of likely N-dealkylation sites (N-methyl/N-ethyl adjacent to an activating group) is 1. The van der Waals surface area contributed by atoms with Crippen molar-refractivity contribution in [1.29, 1.82) is 0 Å². The van der Waals surface area contributed by atoms with E-state index in [0.29, 0.717) is 16.1 Å². The highest BCUT2D eigenvalue weighted by Crippen LogP contribution is 2.39. The third-order valence-corrected chi connectivity index (χ3v) is 7.08. The monoisotopic (exact) mass is 465 g/mol. The summed E-state index contributed by atoms with van der Waals surface area (Å²) < 4.78 is 7.06. The molecule has 3 heterocycles. The Hall–Kier alpha value is -2.83. The molecule has 2 fully saturated rings. The van der Waals surface area contributed by atoms with Crippen molar-refractivity contribution in [3.05, 3.63) is 70.4 Å². The van der Waals surface area contributed by atoms with Crippen molar-refractivity contribution in [3.8, 4) is 0 Å². The summed E-state index contributed by atoms with van der Waals surface area (Å²) >= 11 is 6.76. The molecule has 7 heteroatoms. The van der Waals surface area contributed by atoms with Gasteiger partial charge >= 0.3 is 6.09 Å². The quantitative estimate of drug-likeness (QED) is 0.535. The molecule has 1 aromatic heterocycles. The van der Waals surface area contributed by atoms with E-state index in [1.807, 2.05) is 41.3 Å². The summed E-state index contributed by atoms with van der Waals surface area (Å²) in [6.07, 6.45) is 4.34. The molecule has 1 atom stereocenters. The van der Waals surface area contributed by atoms with Crippen LogP contribution in [0.4, 0.5) is 4.79 Å². The van der Waals surface area contributed by atoms with Crippen molar-refractivity contribution >= 4 is 34.5 Å². The SMILES string of the molecule is CN1CCCC(c2c(C(=O)N3CCC3)c(Cl)cc3c2ccn3C(=O)OCc2ccccc2)C1. The molecule has 2 aliphatic rings. The van der Waals surface area contributed by atoms with Crippen LogP contribution >= 0.6 is 11.6 Å². The molecule has 0 spiro atoms. The largest absolute Gasteiger partial charge is 0.444 e. The maximum absolute atomic E-state index is 13.4. The summed E-state index contributed by atoms with van der Waals surface area (Å²) in [7, 11) is 2.11. The molecule has 2 aromatic carbocycles. The van der Waals surface area contributed by atoms with Gasteiger partial charge in [0.15, 0.2) is 0 Å². The number of carbonyl (C=O) groups is 2. The Morgan fingerprint density at radius 3 is 2.58 bits per heavy atom. The van der Waals surface area contributed by atoms with Gasteiger partial charge in [0.1, 0.15) is 6.61 Å². The second-order valence-corrected chi connectivity index (χ2v) is 9.46. The number of likely N-dealkylation sites (tertiary alicyclic amines) is 2. The fraction of sp³-hybridized carbons (Fsp3) is 0.385. The van der Waals surface area contributed by atoms with Gasteiger partial charge in [0, 0.05) is 31.2 Å². The molecule has 0 aliphatic carbocycles. The number of rotatable bonds is 4. The van der Waals surface area contributed by atoms with Crippen LogP contribution in [0.25, 0.3) is 10.9 Å². The molecule has 3 aromatic rings. The number of hydrogen-bond acceptors (Lipinski definition) is 4. The molecule has 2 aliphatic heterocycles. The molecule has 0 saturated carbocycles. The van der Waals surface area contributed by atoms with Crippen LogP contribution in [0.15, 0.2) is 48.7 Å². The molecular formula is C26H28ClN3O3. The number of hydrogen-bond donors (Lipinski definition) is 0. The zero-order valence-corrected chi connectivity index (χ0v) is 19.6. The highest BCUT2D eigenvalue weighted by atomic mass is 35.5. The van der Waals surface area contributed by atoms with Crippen LogP contribution in [-0.2, 0) is 11.3 Å². The molecule has 6 nitrogen and oxygen atoms in total. The van der Waals surface area contributed by atoms with E-state index in [1.165, 1.54) is 4.57 Å². The van der Waals surface area contributed by atoms with E-state index in [0.717, 1.165) is 62.0 Å². The number of nitrogens with zero attached hydrogens (tertiary/aromatic N) is 3. The summed E-state index contributed by atoms with van der Waals surface area (Å²) in [4.78, 5) is 30.5. The number of ether oxygens (including phenoxy) is 1. The zero-order chi connectivity index (χ0) is 22.9. The minimum Gasteiger partial charge on any atom is -0.444 e. The average Bonchev–Trinajstić information content (AvgIpc) is 3.19. The number of benzene rings is 2. The molecule has 33 heavy (non-hydrogen) atoms. The van der Waals surface area contributed by atoms with Crippen molar-refractivity contribution in [2.24, 2.45) is 0 Å². The molecule has 2 saturated heterocycles. The lowest BCUT2D eigenvalue weighted by molar-refractivity contribution is 0.0649. The number of carbonyl (C=O) groups excluding carboxylic acids is 2. The summed E-state index contributed by atoms with van der Waals surface area (Å²) in [6, 6.07) is 13.3. The minimum absolute atomic E-state index is 0.00391. The van der Waals surface area contributed by atoms with Crippen LogP contribution in [0, 0.1) is 0 Å². The number of aromatic nitrogens is 1. The Morgan fingerprint density at radius 1 is 1.09 bits per heavy atom. The molecule has 0 bridgehead atoms. The number of piperidine rings is 1. The molecule has 1 amide bonds. The fourth-order valence-corrected chi connectivity index (χ4v) is 5.23. The van der Waals surface area contributed by atoms with Gasteiger partial charge in [-0.05, 0) is 62.0 Å². The lowest BCUT2D eigenvalue weighted by atomic mass is 9.85. The van der Waals surface area contributed by atoms with Gasteiger partial charge in [-0.1, -0.05) is 41.9 Å². The second kappa shape index (κ2) is 9.20. The second-order valence-electron chi connectivity index (χ2n) is 9.05. The predicted molar refractivity (Wildman–Crippen MR) is 129 cm³/mol. The smallest absolute Gasteiger partial charge is 0.418 e. The number of halogens is 1. The van der Waals surface area contributed by atoms with Gasteiger partial charge in [0.05, 0.1) is 16.1 Å². The lowest BCUT2D eigenvalue weighted by Crippen LogP contribution is -2.43. The standard InChI is InChI=1S/C26H28ClN3O3/c1-28-11-5-9-19(16-28)23-20-10-14-30(26(32)33-17-18-7-3-2-4-8-18)22(20)15-21(27)24(23)25(31)29-12-6-13-29/h2-4,7-8,10,14-15,19H,5-6,9,11-13,16-17H2,1H3. The van der Waals surface area contributed by atoms with E-state index in [9.17, 15) is 9.59 Å². The summed E-state index contributed by atoms with van der Waals surface area (Å²) in [5.41, 5.74) is 3.17. The highest BCUT2D eigenvalue weighted by Gasteiger charge is 2.32. The van der Waals surface area contributed by atoms with Crippen LogP contribution in [0.5, 0.6) is 0 Å². The Bertz CT molecular complexity index is 1190. The van der Waals surface area contributed by atoms with Gasteiger partial charge in [-0.2, -0.15) is 0 Å². The van der Waals surface area contributed by atoms with E-state index in [2.05, 4.69) is 11.9 Å². The van der Waals surface area contributed by atoms with Gasteiger partial charge in [0.25, 0.3) is 5.91 Å². The maximum Gasteiger partial charge on any atom is 0.418 e. The van der Waals surface area contributed by atoms with Gasteiger partial charge in [-0.25, -0.2) is 4.79 Å². The summed E-state index contributed by atoms with van der Waals surface area (Å²) in [5, 5.41) is 1.30. The Labute approximate surface area is 198 Å². The molecular weight excluding hydrogens is 438 g/mol. The van der Waals surface area contributed by atoms with Gasteiger partial charge in [-0.3, -0.25) is 9.36 Å². The first-order valence-electron chi connectivity index (χ1n) is 11.5. The Kier molecular flexibility index (Phi) is 6.13. The van der Waals surface area contributed by atoms with E-state index in [-0.39, 0.29) is 18.4 Å². The van der Waals surface area contributed by atoms with E-state index in [1.54, 1.807) is 12.3 Å². The lowest BCUT2D eigenvalue weighted by Gasteiger charge is -2.35. The third-order valence-electron chi connectivity index (χ3n) is 6.78. The first-order chi connectivity index (χ1) is 16.0. The number of fused-ring (bicyclic) bond motifs is 1. The fourth-order valence-electron chi connectivity index (χ4n) is 4.94. The zero-order valence-electron chi connectivity index (χ0n) is 18.8. The maximum atomic E-state index is 13.4. The van der Waals surface area contributed by atoms with Gasteiger partial charge < -0.3 is 14.5 Å². The van der Waals surface area contributed by atoms with Crippen molar-refractivity contribution in [3.63, 3.8) is 0 Å². The molecule has 1 unspecified atom stereocenters. The summed E-state index contributed by atoms with van der Waals surface area (Å²) in [6.45, 7) is 3.63. The van der Waals surface area contributed by atoms with Gasteiger partial charge in [0.2, 0.25) is 0 Å². The van der Waals surface area contributed by atoms with Crippen LogP contribution in [0.2, 0.25) is 5.02 Å². The Morgan fingerprint density at radius 2 is 1.88 bits per heavy atom. The van der Waals surface area contributed by atoms with Crippen molar-refractivity contribution in [2.75, 3.05) is 33.2 Å². The van der Waals surface area contributed by atoms with Crippen LogP contribution in [-0.4, -0.2) is 59.6 Å². The van der Waals surface area contributed by atoms with Gasteiger partial charge in [-0.15, -0.1) is 0 Å². The van der Waals surface area contributed by atoms with Crippen molar-refractivity contribution < 1.29 is 14.3 Å². The van der Waals surface area contributed by atoms with Crippen molar-refractivity contribution in [1.82, 2.24) is 14.4 Å².